The zero-order chi connectivity index (χ0) is 19.4. The van der Waals surface area contributed by atoms with E-state index in [9.17, 15) is 8.42 Å². The Morgan fingerprint density at radius 3 is 2.43 bits per heavy atom. The Bertz CT molecular complexity index is 921. The molecule has 28 heavy (non-hydrogen) atoms. The van der Waals surface area contributed by atoms with Crippen LogP contribution in [0.4, 0.5) is 0 Å². The van der Waals surface area contributed by atoms with Gasteiger partial charge in [0.2, 0.25) is 10.0 Å². The topological polar surface area (TPSA) is 58.6 Å². The molecule has 0 radical (unpaired) electrons. The first-order valence-corrected chi connectivity index (χ1v) is 11.6. The Balaban J connectivity index is 1.46. The lowest BCUT2D eigenvalue weighted by Gasteiger charge is -2.27. The standard InChI is InChI=1S/C22H28N2O3S/c25-28(26,22-10-9-18-5-1-2-6-19(18)15-22)23-16-20-7-3-4-8-21(20)17-24-11-13-27-14-12-24/h3-4,7-10,15,23H,1-2,5-6,11-14,16-17H2. The average molecular weight is 401 g/mol. The van der Waals surface area contributed by atoms with E-state index in [-0.39, 0.29) is 0 Å². The van der Waals surface area contributed by atoms with E-state index < -0.39 is 10.0 Å². The Labute approximate surface area is 167 Å². The molecule has 5 nitrogen and oxygen atoms in total. The van der Waals surface area contributed by atoms with Crippen molar-refractivity contribution in [1.82, 2.24) is 9.62 Å². The largest absolute Gasteiger partial charge is 0.379 e. The molecule has 0 amide bonds. The summed E-state index contributed by atoms with van der Waals surface area (Å²) in [6, 6.07) is 13.6. The minimum absolute atomic E-state index is 0.305. The molecule has 1 fully saturated rings. The predicted molar refractivity (Wildman–Crippen MR) is 110 cm³/mol. The summed E-state index contributed by atoms with van der Waals surface area (Å²) in [5, 5.41) is 0. The van der Waals surface area contributed by atoms with Crippen LogP contribution >= 0.6 is 0 Å². The molecule has 2 aliphatic rings. The van der Waals surface area contributed by atoms with Gasteiger partial charge < -0.3 is 4.74 Å². The Kier molecular flexibility index (Phi) is 6.11. The molecule has 1 aliphatic carbocycles. The van der Waals surface area contributed by atoms with E-state index in [1.807, 2.05) is 30.3 Å². The van der Waals surface area contributed by atoms with Gasteiger partial charge >= 0.3 is 0 Å². The molecule has 0 atom stereocenters. The van der Waals surface area contributed by atoms with Crippen LogP contribution in [0.15, 0.2) is 47.4 Å². The van der Waals surface area contributed by atoms with E-state index in [0.29, 0.717) is 11.4 Å². The first-order chi connectivity index (χ1) is 13.6. The lowest BCUT2D eigenvalue weighted by molar-refractivity contribution is 0.0341. The summed E-state index contributed by atoms with van der Waals surface area (Å²) in [5.41, 5.74) is 4.66. The van der Waals surface area contributed by atoms with Crippen LogP contribution in [-0.4, -0.2) is 39.6 Å². The van der Waals surface area contributed by atoms with Gasteiger partial charge in [0.15, 0.2) is 0 Å². The summed E-state index contributed by atoms with van der Waals surface area (Å²) in [7, 11) is -3.53. The molecule has 6 heteroatoms. The third kappa shape index (κ3) is 4.63. The molecule has 0 spiro atoms. The highest BCUT2D eigenvalue weighted by atomic mass is 32.2. The number of rotatable bonds is 6. The van der Waals surface area contributed by atoms with Crippen LogP contribution in [0, 0.1) is 0 Å². The second-order valence-electron chi connectivity index (χ2n) is 7.62. The van der Waals surface area contributed by atoms with E-state index in [1.54, 1.807) is 6.07 Å². The maximum atomic E-state index is 12.9. The van der Waals surface area contributed by atoms with Crippen molar-refractivity contribution in [3.05, 3.63) is 64.7 Å². The van der Waals surface area contributed by atoms with Crippen LogP contribution in [0.1, 0.15) is 35.1 Å². The fourth-order valence-corrected chi connectivity index (χ4v) is 5.07. The van der Waals surface area contributed by atoms with Crippen molar-refractivity contribution in [3.8, 4) is 0 Å². The number of hydrogen-bond donors (Lipinski definition) is 1. The van der Waals surface area contributed by atoms with Crippen molar-refractivity contribution in [2.75, 3.05) is 26.3 Å². The third-order valence-electron chi connectivity index (χ3n) is 5.70. The molecule has 150 valence electrons. The molecule has 2 aromatic carbocycles. The van der Waals surface area contributed by atoms with Crippen molar-refractivity contribution in [2.24, 2.45) is 0 Å². The van der Waals surface area contributed by atoms with Gasteiger partial charge in [-0.1, -0.05) is 30.3 Å². The van der Waals surface area contributed by atoms with Gasteiger partial charge in [0.25, 0.3) is 0 Å². The highest BCUT2D eigenvalue weighted by molar-refractivity contribution is 7.89. The monoisotopic (exact) mass is 400 g/mol. The lowest BCUT2D eigenvalue weighted by atomic mass is 9.92. The summed E-state index contributed by atoms with van der Waals surface area (Å²) in [5.74, 6) is 0. The first-order valence-electron chi connectivity index (χ1n) is 10.1. The van der Waals surface area contributed by atoms with E-state index in [1.165, 1.54) is 17.5 Å². The average Bonchev–Trinajstić information content (AvgIpc) is 2.73. The molecule has 4 rings (SSSR count). The normalized spacial score (nSPS) is 18.0. The van der Waals surface area contributed by atoms with Gasteiger partial charge in [0.1, 0.15) is 0 Å². The molecule has 0 saturated carbocycles. The molecular weight excluding hydrogens is 372 g/mol. The summed E-state index contributed by atoms with van der Waals surface area (Å²) in [6.07, 6.45) is 4.36. The van der Waals surface area contributed by atoms with Gasteiger partial charge in [0, 0.05) is 26.2 Å². The first kappa shape index (κ1) is 19.6. The van der Waals surface area contributed by atoms with Crippen LogP contribution < -0.4 is 4.72 Å². The quantitative estimate of drug-likeness (QED) is 0.810. The Hall–Kier alpha value is -1.73. The number of morpholine rings is 1. The molecule has 1 heterocycles. The zero-order valence-corrected chi connectivity index (χ0v) is 17.0. The number of nitrogens with zero attached hydrogens (tertiary/aromatic N) is 1. The number of aryl methyl sites for hydroxylation is 2. The molecular formula is C22H28N2O3S. The van der Waals surface area contributed by atoms with Crippen LogP contribution in [0.2, 0.25) is 0 Å². The van der Waals surface area contributed by atoms with Gasteiger partial charge in [-0.25, -0.2) is 13.1 Å². The number of nitrogens with one attached hydrogen (secondary N) is 1. The fourth-order valence-electron chi connectivity index (χ4n) is 4.02. The summed E-state index contributed by atoms with van der Waals surface area (Å²) in [6.45, 7) is 4.46. The van der Waals surface area contributed by atoms with Gasteiger partial charge in [-0.15, -0.1) is 0 Å². The summed E-state index contributed by atoms with van der Waals surface area (Å²) < 4.78 is 33.9. The number of sulfonamides is 1. The molecule has 1 saturated heterocycles. The smallest absolute Gasteiger partial charge is 0.240 e. The maximum absolute atomic E-state index is 12.9. The Morgan fingerprint density at radius 2 is 1.64 bits per heavy atom. The van der Waals surface area contributed by atoms with Crippen LogP contribution in [0.25, 0.3) is 0 Å². The third-order valence-corrected chi connectivity index (χ3v) is 7.10. The lowest BCUT2D eigenvalue weighted by Crippen LogP contribution is -2.36. The minimum Gasteiger partial charge on any atom is -0.379 e. The summed E-state index contributed by atoms with van der Waals surface area (Å²) in [4.78, 5) is 2.72. The number of benzene rings is 2. The fraction of sp³-hybridized carbons (Fsp3) is 0.455. The highest BCUT2D eigenvalue weighted by Gasteiger charge is 2.19. The van der Waals surface area contributed by atoms with E-state index in [4.69, 9.17) is 4.74 Å². The number of hydrogen-bond acceptors (Lipinski definition) is 4. The molecule has 2 aromatic rings. The Morgan fingerprint density at radius 1 is 0.929 bits per heavy atom. The van der Waals surface area contributed by atoms with Gasteiger partial charge in [-0.05, 0) is 60.1 Å². The second kappa shape index (κ2) is 8.74. The second-order valence-corrected chi connectivity index (χ2v) is 9.39. The molecule has 1 aliphatic heterocycles. The molecule has 0 unspecified atom stereocenters. The molecule has 0 bridgehead atoms. The van der Waals surface area contributed by atoms with Gasteiger partial charge in [0.05, 0.1) is 18.1 Å². The van der Waals surface area contributed by atoms with Gasteiger partial charge in [-0.2, -0.15) is 0 Å². The van der Waals surface area contributed by atoms with Gasteiger partial charge in [-0.3, -0.25) is 4.90 Å². The van der Waals surface area contributed by atoms with Crippen LogP contribution in [0.5, 0.6) is 0 Å². The van der Waals surface area contributed by atoms with Crippen molar-refractivity contribution in [3.63, 3.8) is 0 Å². The molecule has 1 N–H and O–H groups in total. The number of fused-ring (bicyclic) bond motifs is 1. The summed E-state index contributed by atoms with van der Waals surface area (Å²) >= 11 is 0. The van der Waals surface area contributed by atoms with E-state index >= 15 is 0 Å². The predicted octanol–water partition coefficient (Wildman–Crippen LogP) is 2.88. The zero-order valence-electron chi connectivity index (χ0n) is 16.2. The highest BCUT2D eigenvalue weighted by Crippen LogP contribution is 2.24. The van der Waals surface area contributed by atoms with Crippen molar-refractivity contribution in [1.29, 1.82) is 0 Å². The van der Waals surface area contributed by atoms with Crippen LogP contribution in [0.3, 0.4) is 0 Å². The van der Waals surface area contributed by atoms with E-state index in [2.05, 4.69) is 15.7 Å². The molecule has 0 aromatic heterocycles. The maximum Gasteiger partial charge on any atom is 0.240 e. The SMILES string of the molecule is O=S(=O)(NCc1ccccc1CN1CCOCC1)c1ccc2c(c1)CCCC2. The van der Waals surface area contributed by atoms with Crippen molar-refractivity contribution in [2.45, 2.75) is 43.7 Å². The van der Waals surface area contributed by atoms with Crippen molar-refractivity contribution < 1.29 is 13.2 Å². The van der Waals surface area contributed by atoms with Crippen LogP contribution in [-0.2, 0) is 40.7 Å². The number of ether oxygens (including phenoxy) is 1. The van der Waals surface area contributed by atoms with E-state index in [0.717, 1.165) is 63.2 Å². The minimum atomic E-state index is -3.53. The van der Waals surface area contributed by atoms with Crippen molar-refractivity contribution >= 4 is 10.0 Å².